The molecular formula is C19H24N2O. The van der Waals surface area contributed by atoms with Gasteiger partial charge in [0.25, 0.3) is 0 Å². The van der Waals surface area contributed by atoms with Gasteiger partial charge in [-0.05, 0) is 49.4 Å². The number of hydrogen-bond acceptors (Lipinski definition) is 2. The van der Waals surface area contributed by atoms with Crippen molar-refractivity contribution < 1.29 is 4.79 Å². The molecule has 0 aliphatic heterocycles. The van der Waals surface area contributed by atoms with Crippen LogP contribution < -0.4 is 11.1 Å². The lowest BCUT2D eigenvalue weighted by Gasteiger charge is -2.24. The van der Waals surface area contributed by atoms with E-state index in [2.05, 4.69) is 37.4 Å². The molecule has 0 saturated heterocycles. The van der Waals surface area contributed by atoms with Crippen molar-refractivity contribution in [2.45, 2.75) is 32.7 Å². The van der Waals surface area contributed by atoms with Gasteiger partial charge in [0.2, 0.25) is 5.91 Å². The molecule has 22 heavy (non-hydrogen) atoms. The third kappa shape index (κ3) is 3.55. The van der Waals surface area contributed by atoms with E-state index in [1.165, 1.54) is 16.7 Å². The Balaban J connectivity index is 1.99. The van der Waals surface area contributed by atoms with Crippen LogP contribution in [-0.2, 0) is 16.8 Å². The fourth-order valence-electron chi connectivity index (χ4n) is 2.64. The molecule has 0 heterocycles. The van der Waals surface area contributed by atoms with E-state index in [-0.39, 0.29) is 5.91 Å². The molecule has 1 unspecified atom stereocenters. The number of hydrogen-bond donors (Lipinski definition) is 2. The summed E-state index contributed by atoms with van der Waals surface area (Å²) in [6.07, 6.45) is 0.815. The number of carbonyl (C=O) groups excluding carboxylic acids is 1. The Kier molecular flexibility index (Phi) is 4.99. The van der Waals surface area contributed by atoms with Gasteiger partial charge in [-0.1, -0.05) is 48.5 Å². The first-order chi connectivity index (χ1) is 10.4. The third-order valence-electron chi connectivity index (χ3n) is 4.15. The Morgan fingerprint density at radius 2 is 1.64 bits per heavy atom. The van der Waals surface area contributed by atoms with Gasteiger partial charge < -0.3 is 11.1 Å². The van der Waals surface area contributed by atoms with Crippen LogP contribution in [0.25, 0.3) is 0 Å². The molecule has 1 atom stereocenters. The summed E-state index contributed by atoms with van der Waals surface area (Å²) < 4.78 is 0. The molecule has 0 aliphatic carbocycles. The topological polar surface area (TPSA) is 55.1 Å². The van der Waals surface area contributed by atoms with E-state index < -0.39 is 5.54 Å². The van der Waals surface area contributed by atoms with Crippen molar-refractivity contribution in [1.82, 2.24) is 5.32 Å². The average Bonchev–Trinajstić information content (AvgIpc) is 2.51. The molecule has 0 radical (unpaired) electrons. The minimum Gasteiger partial charge on any atom is -0.354 e. The van der Waals surface area contributed by atoms with Crippen LogP contribution in [0.15, 0.2) is 48.5 Å². The first-order valence-corrected chi connectivity index (χ1v) is 7.60. The monoisotopic (exact) mass is 296 g/mol. The number of amides is 1. The molecular weight excluding hydrogens is 272 g/mol. The minimum atomic E-state index is -1.01. The van der Waals surface area contributed by atoms with E-state index in [4.69, 9.17) is 5.73 Å². The van der Waals surface area contributed by atoms with E-state index in [9.17, 15) is 4.79 Å². The fraction of sp³-hybridized carbons (Fsp3) is 0.316. The van der Waals surface area contributed by atoms with E-state index in [0.29, 0.717) is 6.54 Å². The normalized spacial score (nSPS) is 13.5. The number of carbonyl (C=O) groups is 1. The molecule has 0 bridgehead atoms. The van der Waals surface area contributed by atoms with Gasteiger partial charge in [-0.15, -0.1) is 0 Å². The van der Waals surface area contributed by atoms with Crippen molar-refractivity contribution in [3.05, 3.63) is 70.8 Å². The Hall–Kier alpha value is -2.13. The van der Waals surface area contributed by atoms with Crippen LogP contribution in [0.2, 0.25) is 0 Å². The summed E-state index contributed by atoms with van der Waals surface area (Å²) >= 11 is 0. The molecule has 2 rings (SSSR count). The van der Waals surface area contributed by atoms with E-state index in [0.717, 1.165) is 12.0 Å². The highest BCUT2D eigenvalue weighted by atomic mass is 16.2. The van der Waals surface area contributed by atoms with Gasteiger partial charge in [-0.25, -0.2) is 0 Å². The standard InChI is InChI=1S/C19H24N2O/c1-14-8-7-9-15(2)17(14)12-13-21-18(22)19(3,20)16-10-5-4-6-11-16/h4-11H,12-13,20H2,1-3H3,(H,21,22). The van der Waals surface area contributed by atoms with Crippen LogP contribution in [0.5, 0.6) is 0 Å². The third-order valence-corrected chi connectivity index (χ3v) is 4.15. The molecule has 3 N–H and O–H groups in total. The molecule has 2 aromatic rings. The molecule has 0 aromatic heterocycles. The summed E-state index contributed by atoms with van der Waals surface area (Å²) in [5.41, 5.74) is 9.82. The van der Waals surface area contributed by atoms with Gasteiger partial charge in [-0.3, -0.25) is 4.79 Å². The van der Waals surface area contributed by atoms with E-state index in [1.807, 2.05) is 30.3 Å². The maximum Gasteiger partial charge on any atom is 0.244 e. The van der Waals surface area contributed by atoms with Crippen LogP contribution in [0.3, 0.4) is 0 Å². The Labute approximate surface area is 132 Å². The van der Waals surface area contributed by atoms with Crippen molar-refractivity contribution in [3.63, 3.8) is 0 Å². The van der Waals surface area contributed by atoms with Gasteiger partial charge in [0.15, 0.2) is 0 Å². The average molecular weight is 296 g/mol. The van der Waals surface area contributed by atoms with Crippen LogP contribution in [0.1, 0.15) is 29.2 Å². The number of benzene rings is 2. The molecule has 0 fully saturated rings. The zero-order valence-electron chi connectivity index (χ0n) is 13.5. The Morgan fingerprint density at radius 3 is 2.23 bits per heavy atom. The lowest BCUT2D eigenvalue weighted by atomic mass is 9.92. The summed E-state index contributed by atoms with van der Waals surface area (Å²) in [5, 5.41) is 2.96. The van der Waals surface area contributed by atoms with Crippen molar-refractivity contribution >= 4 is 5.91 Å². The largest absolute Gasteiger partial charge is 0.354 e. The molecule has 3 nitrogen and oxygen atoms in total. The van der Waals surface area contributed by atoms with Crippen molar-refractivity contribution in [2.24, 2.45) is 5.73 Å². The second-order valence-corrected chi connectivity index (χ2v) is 5.94. The molecule has 2 aromatic carbocycles. The summed E-state index contributed by atoms with van der Waals surface area (Å²) in [5.74, 6) is -0.148. The molecule has 3 heteroatoms. The number of aryl methyl sites for hydroxylation is 2. The molecule has 0 saturated carbocycles. The number of nitrogens with one attached hydrogen (secondary N) is 1. The summed E-state index contributed by atoms with van der Waals surface area (Å²) in [6, 6.07) is 15.7. The van der Waals surface area contributed by atoms with Crippen LogP contribution in [0.4, 0.5) is 0 Å². The summed E-state index contributed by atoms with van der Waals surface area (Å²) in [6.45, 7) is 6.53. The predicted molar refractivity (Wildman–Crippen MR) is 90.6 cm³/mol. The molecule has 1 amide bonds. The Morgan fingerprint density at radius 1 is 1.05 bits per heavy atom. The van der Waals surface area contributed by atoms with Crippen molar-refractivity contribution in [3.8, 4) is 0 Å². The zero-order chi connectivity index (χ0) is 16.2. The van der Waals surface area contributed by atoms with Gasteiger partial charge >= 0.3 is 0 Å². The van der Waals surface area contributed by atoms with Crippen LogP contribution >= 0.6 is 0 Å². The highest BCUT2D eigenvalue weighted by molar-refractivity contribution is 5.86. The SMILES string of the molecule is Cc1cccc(C)c1CCNC(=O)C(C)(N)c1ccccc1. The molecule has 116 valence electrons. The molecule has 0 spiro atoms. The number of nitrogens with two attached hydrogens (primary N) is 1. The van der Waals surface area contributed by atoms with Gasteiger partial charge in [0.1, 0.15) is 5.54 Å². The second kappa shape index (κ2) is 6.75. The second-order valence-electron chi connectivity index (χ2n) is 5.94. The predicted octanol–water partition coefficient (Wildman–Crippen LogP) is 2.84. The van der Waals surface area contributed by atoms with Gasteiger partial charge in [0, 0.05) is 6.54 Å². The summed E-state index contributed by atoms with van der Waals surface area (Å²) in [7, 11) is 0. The minimum absolute atomic E-state index is 0.148. The van der Waals surface area contributed by atoms with Crippen molar-refractivity contribution in [1.29, 1.82) is 0 Å². The van der Waals surface area contributed by atoms with Gasteiger partial charge in [-0.2, -0.15) is 0 Å². The lowest BCUT2D eigenvalue weighted by Crippen LogP contribution is -2.49. The van der Waals surface area contributed by atoms with Crippen molar-refractivity contribution in [2.75, 3.05) is 6.54 Å². The first kappa shape index (κ1) is 16.2. The fourth-order valence-corrected chi connectivity index (χ4v) is 2.64. The first-order valence-electron chi connectivity index (χ1n) is 7.60. The smallest absolute Gasteiger partial charge is 0.244 e. The van der Waals surface area contributed by atoms with Crippen LogP contribution in [0, 0.1) is 13.8 Å². The number of rotatable bonds is 5. The quantitative estimate of drug-likeness (QED) is 0.891. The van der Waals surface area contributed by atoms with Gasteiger partial charge in [0.05, 0.1) is 0 Å². The maximum atomic E-state index is 12.4. The lowest BCUT2D eigenvalue weighted by molar-refractivity contribution is -0.126. The zero-order valence-corrected chi connectivity index (χ0v) is 13.5. The van der Waals surface area contributed by atoms with Crippen LogP contribution in [-0.4, -0.2) is 12.5 Å². The highest BCUT2D eigenvalue weighted by Crippen LogP contribution is 2.18. The maximum absolute atomic E-state index is 12.4. The van der Waals surface area contributed by atoms with E-state index in [1.54, 1.807) is 6.92 Å². The highest BCUT2D eigenvalue weighted by Gasteiger charge is 2.29. The summed E-state index contributed by atoms with van der Waals surface area (Å²) in [4.78, 5) is 12.4. The van der Waals surface area contributed by atoms with E-state index >= 15 is 0 Å². The Bertz CT molecular complexity index is 627. The molecule has 0 aliphatic rings.